The minimum atomic E-state index is -0.213. The second-order valence-corrected chi connectivity index (χ2v) is 8.46. The number of aryl methyl sites for hydroxylation is 2. The highest BCUT2D eigenvalue weighted by Gasteiger charge is 2.26. The molecule has 0 unspecified atom stereocenters. The van der Waals surface area contributed by atoms with Crippen LogP contribution in [0.2, 0.25) is 0 Å². The molecular weight excluding hydrogens is 426 g/mol. The van der Waals surface area contributed by atoms with Crippen molar-refractivity contribution in [2.24, 2.45) is 0 Å². The molecule has 0 spiro atoms. The number of hydrogen-bond acceptors (Lipinski definition) is 4. The minimum Gasteiger partial charge on any atom is -0.351 e. The fraction of sp³-hybridized carbons (Fsp3) is 0.259. The van der Waals surface area contributed by atoms with E-state index in [0.29, 0.717) is 36.3 Å². The molecule has 174 valence electrons. The Balaban J connectivity index is 1.52. The van der Waals surface area contributed by atoms with Crippen molar-refractivity contribution in [3.63, 3.8) is 0 Å². The van der Waals surface area contributed by atoms with Gasteiger partial charge in [-0.15, -0.1) is 0 Å². The van der Waals surface area contributed by atoms with Crippen molar-refractivity contribution in [2.75, 3.05) is 13.6 Å². The Morgan fingerprint density at radius 3 is 2.53 bits per heavy atom. The fourth-order valence-corrected chi connectivity index (χ4v) is 4.15. The van der Waals surface area contributed by atoms with Gasteiger partial charge in [0.1, 0.15) is 5.69 Å². The van der Waals surface area contributed by atoms with E-state index in [0.717, 1.165) is 16.8 Å². The molecule has 0 saturated heterocycles. The van der Waals surface area contributed by atoms with Crippen molar-refractivity contribution in [2.45, 2.75) is 32.7 Å². The van der Waals surface area contributed by atoms with Crippen LogP contribution in [0, 0.1) is 13.8 Å². The average Bonchev–Trinajstić information content (AvgIpc) is 3.18. The Morgan fingerprint density at radius 1 is 1.00 bits per heavy atom. The van der Waals surface area contributed by atoms with Crippen molar-refractivity contribution in [3.05, 3.63) is 101 Å². The maximum Gasteiger partial charge on any atom is 0.269 e. The van der Waals surface area contributed by atoms with Gasteiger partial charge in [-0.25, -0.2) is 9.50 Å². The van der Waals surface area contributed by atoms with Crippen LogP contribution in [0.4, 0.5) is 0 Å². The second kappa shape index (κ2) is 10.3. The Kier molecular flexibility index (Phi) is 7.01. The van der Waals surface area contributed by atoms with Crippen LogP contribution >= 0.6 is 0 Å². The van der Waals surface area contributed by atoms with Gasteiger partial charge in [-0.05, 0) is 56.5 Å². The van der Waals surface area contributed by atoms with Crippen molar-refractivity contribution in [3.8, 4) is 0 Å². The van der Waals surface area contributed by atoms with E-state index in [-0.39, 0.29) is 17.9 Å². The van der Waals surface area contributed by atoms with Crippen LogP contribution < -0.4 is 5.32 Å². The molecule has 1 aromatic carbocycles. The minimum absolute atomic E-state index is 0.0775. The summed E-state index contributed by atoms with van der Waals surface area (Å²) in [5.74, 6) is -0.291. The molecule has 3 heterocycles. The molecule has 7 nitrogen and oxygen atoms in total. The van der Waals surface area contributed by atoms with Gasteiger partial charge in [0.15, 0.2) is 0 Å². The summed E-state index contributed by atoms with van der Waals surface area (Å²) in [7, 11) is 1.83. The van der Waals surface area contributed by atoms with Crippen LogP contribution in [-0.4, -0.2) is 50.9 Å². The Bertz CT molecular complexity index is 1300. The van der Waals surface area contributed by atoms with Crippen molar-refractivity contribution >= 4 is 17.3 Å². The zero-order valence-corrected chi connectivity index (χ0v) is 19.7. The van der Waals surface area contributed by atoms with Gasteiger partial charge in [0.2, 0.25) is 0 Å². The summed E-state index contributed by atoms with van der Waals surface area (Å²) in [4.78, 5) is 32.2. The standard InChI is InChI=1S/C27H29N5O2/c1-19-10-9-13-23(29-19)26(33)28-16-15-22(18-21-11-5-4-6-12-21)31(3)27(34)25-20(2)30-32-17-8-7-14-24(25)32/h4-14,17,22H,15-16,18H2,1-3H3,(H,28,33)/t22-/m1/s1. The third kappa shape index (κ3) is 5.14. The first-order chi connectivity index (χ1) is 16.4. The molecule has 4 rings (SSSR count). The zero-order valence-electron chi connectivity index (χ0n) is 19.7. The van der Waals surface area contributed by atoms with E-state index in [2.05, 4.69) is 27.5 Å². The lowest BCUT2D eigenvalue weighted by Gasteiger charge is -2.29. The molecule has 1 atom stereocenters. The lowest BCUT2D eigenvalue weighted by Crippen LogP contribution is -2.41. The summed E-state index contributed by atoms with van der Waals surface area (Å²) in [6.07, 6.45) is 3.13. The molecule has 0 saturated carbocycles. The predicted molar refractivity (Wildman–Crippen MR) is 132 cm³/mol. The number of likely N-dealkylation sites (N-methyl/N-ethyl adjacent to an activating group) is 1. The van der Waals surface area contributed by atoms with E-state index in [1.54, 1.807) is 15.5 Å². The van der Waals surface area contributed by atoms with Crippen LogP contribution in [-0.2, 0) is 6.42 Å². The number of nitrogens with one attached hydrogen (secondary N) is 1. The third-order valence-corrected chi connectivity index (χ3v) is 6.00. The molecule has 0 aliphatic rings. The molecule has 2 amide bonds. The Labute approximate surface area is 199 Å². The van der Waals surface area contributed by atoms with Crippen LogP contribution in [0.3, 0.4) is 0 Å². The molecule has 3 aromatic heterocycles. The SMILES string of the molecule is Cc1cccc(C(=O)NCC[C@H](Cc2ccccc2)N(C)C(=O)c2c(C)nn3ccccc23)n1. The molecule has 4 aromatic rings. The molecule has 0 aliphatic carbocycles. The van der Waals surface area contributed by atoms with E-state index in [4.69, 9.17) is 0 Å². The summed E-state index contributed by atoms with van der Waals surface area (Å²) in [6.45, 7) is 4.14. The maximum absolute atomic E-state index is 13.6. The van der Waals surface area contributed by atoms with Gasteiger partial charge >= 0.3 is 0 Å². The monoisotopic (exact) mass is 455 g/mol. The molecule has 0 fully saturated rings. The van der Waals surface area contributed by atoms with Crippen LogP contribution in [0.25, 0.3) is 5.52 Å². The Hall–Kier alpha value is -4.00. The first kappa shape index (κ1) is 23.2. The number of amides is 2. The zero-order chi connectivity index (χ0) is 24.1. The lowest BCUT2D eigenvalue weighted by molar-refractivity contribution is 0.0724. The van der Waals surface area contributed by atoms with E-state index in [9.17, 15) is 9.59 Å². The largest absolute Gasteiger partial charge is 0.351 e. The lowest BCUT2D eigenvalue weighted by atomic mass is 10.0. The quantitative estimate of drug-likeness (QED) is 0.438. The molecule has 0 radical (unpaired) electrons. The van der Waals surface area contributed by atoms with E-state index >= 15 is 0 Å². The summed E-state index contributed by atoms with van der Waals surface area (Å²) in [5, 5.41) is 7.45. The highest BCUT2D eigenvalue weighted by Crippen LogP contribution is 2.20. The fourth-order valence-electron chi connectivity index (χ4n) is 4.15. The summed E-state index contributed by atoms with van der Waals surface area (Å²) < 4.78 is 1.73. The van der Waals surface area contributed by atoms with Gasteiger partial charge in [0.05, 0.1) is 16.8 Å². The van der Waals surface area contributed by atoms with Crippen LogP contribution in [0.15, 0.2) is 72.9 Å². The van der Waals surface area contributed by atoms with Gasteiger partial charge in [0.25, 0.3) is 11.8 Å². The summed E-state index contributed by atoms with van der Waals surface area (Å²) >= 11 is 0. The number of fused-ring (bicyclic) bond motifs is 1. The first-order valence-electron chi connectivity index (χ1n) is 11.4. The predicted octanol–water partition coefficient (Wildman–Crippen LogP) is 3.85. The number of aromatic nitrogens is 3. The van der Waals surface area contributed by atoms with Crippen molar-refractivity contribution in [1.82, 2.24) is 24.8 Å². The molecule has 0 bridgehead atoms. The van der Waals surface area contributed by atoms with Crippen LogP contribution in [0.5, 0.6) is 0 Å². The number of pyridine rings is 2. The number of rotatable bonds is 8. The highest BCUT2D eigenvalue weighted by atomic mass is 16.2. The summed E-state index contributed by atoms with van der Waals surface area (Å²) in [5.41, 5.74) is 4.41. The molecule has 0 aliphatic heterocycles. The Morgan fingerprint density at radius 2 is 1.76 bits per heavy atom. The van der Waals surface area contributed by atoms with Gasteiger partial charge in [-0.2, -0.15) is 5.10 Å². The molecule has 34 heavy (non-hydrogen) atoms. The number of hydrogen-bond donors (Lipinski definition) is 1. The average molecular weight is 456 g/mol. The topological polar surface area (TPSA) is 79.6 Å². The second-order valence-electron chi connectivity index (χ2n) is 8.46. The normalized spacial score (nSPS) is 11.9. The number of carbonyl (C=O) groups excluding carboxylic acids is 2. The molecular formula is C27H29N5O2. The number of nitrogens with zero attached hydrogens (tertiary/aromatic N) is 4. The van der Waals surface area contributed by atoms with Gasteiger partial charge in [-0.3, -0.25) is 9.59 Å². The van der Waals surface area contributed by atoms with Gasteiger partial charge in [0, 0.05) is 31.5 Å². The first-order valence-corrected chi connectivity index (χ1v) is 11.4. The van der Waals surface area contributed by atoms with Gasteiger partial charge in [-0.1, -0.05) is 42.5 Å². The summed E-state index contributed by atoms with van der Waals surface area (Å²) in [6, 6.07) is 21.0. The molecule has 1 N–H and O–H groups in total. The van der Waals surface area contributed by atoms with E-state index < -0.39 is 0 Å². The highest BCUT2D eigenvalue weighted by molar-refractivity contribution is 6.02. The number of benzene rings is 1. The van der Waals surface area contributed by atoms with E-state index in [1.165, 1.54) is 0 Å². The van der Waals surface area contributed by atoms with Crippen molar-refractivity contribution in [1.29, 1.82) is 0 Å². The van der Waals surface area contributed by atoms with Crippen LogP contribution in [0.1, 0.15) is 44.2 Å². The third-order valence-electron chi connectivity index (χ3n) is 6.00. The van der Waals surface area contributed by atoms with E-state index in [1.807, 2.05) is 75.6 Å². The molecule has 7 heteroatoms. The number of carbonyl (C=O) groups is 2. The maximum atomic E-state index is 13.6. The van der Waals surface area contributed by atoms with Crippen molar-refractivity contribution < 1.29 is 9.59 Å². The van der Waals surface area contributed by atoms with Gasteiger partial charge < -0.3 is 10.2 Å². The smallest absolute Gasteiger partial charge is 0.269 e.